The number of aliphatic hydroxyl groups excluding tert-OH is 1. The monoisotopic (exact) mass is 234 g/mol. The van der Waals surface area contributed by atoms with Gasteiger partial charge in [0.05, 0.1) is 6.61 Å². The Morgan fingerprint density at radius 2 is 2.18 bits per heavy atom. The van der Waals surface area contributed by atoms with Gasteiger partial charge in [-0.25, -0.2) is 0 Å². The number of benzene rings is 1. The molecule has 0 aromatic heterocycles. The second-order valence-corrected chi connectivity index (χ2v) is 4.03. The molecule has 94 valence electrons. The van der Waals surface area contributed by atoms with Gasteiger partial charge in [-0.15, -0.1) is 6.58 Å². The summed E-state index contributed by atoms with van der Waals surface area (Å²) in [7, 11) is 0. The van der Waals surface area contributed by atoms with Crippen molar-refractivity contribution in [2.75, 3.05) is 24.6 Å². The maximum absolute atomic E-state index is 9.10. The standard InChI is InChI=1S/C14H22N2O/c1-3-9-16(10-11-17)14-8-6-5-7-12(14)13(15)4-2/h3,5-8,13,17H,1,4,9-11,15H2,2H3. The van der Waals surface area contributed by atoms with Gasteiger partial charge in [0.15, 0.2) is 0 Å². The number of hydrogen-bond donors (Lipinski definition) is 2. The first-order chi connectivity index (χ1) is 8.24. The van der Waals surface area contributed by atoms with Gasteiger partial charge in [-0.2, -0.15) is 0 Å². The van der Waals surface area contributed by atoms with Gasteiger partial charge in [-0.1, -0.05) is 31.2 Å². The molecular weight excluding hydrogens is 212 g/mol. The van der Waals surface area contributed by atoms with Gasteiger partial charge in [-0.05, 0) is 18.1 Å². The SMILES string of the molecule is C=CCN(CCO)c1ccccc1C(N)CC. The smallest absolute Gasteiger partial charge is 0.0606 e. The summed E-state index contributed by atoms with van der Waals surface area (Å²) in [5, 5.41) is 9.10. The van der Waals surface area contributed by atoms with Crippen molar-refractivity contribution < 1.29 is 5.11 Å². The van der Waals surface area contributed by atoms with Crippen LogP contribution in [0.1, 0.15) is 24.9 Å². The average Bonchev–Trinajstić information content (AvgIpc) is 2.37. The minimum Gasteiger partial charge on any atom is -0.395 e. The normalized spacial score (nSPS) is 12.2. The topological polar surface area (TPSA) is 49.5 Å². The highest BCUT2D eigenvalue weighted by Crippen LogP contribution is 2.26. The van der Waals surface area contributed by atoms with Crippen LogP contribution in [-0.2, 0) is 0 Å². The van der Waals surface area contributed by atoms with Crippen LogP contribution < -0.4 is 10.6 Å². The first-order valence-corrected chi connectivity index (χ1v) is 6.05. The Morgan fingerprint density at radius 1 is 1.47 bits per heavy atom. The van der Waals surface area contributed by atoms with Crippen molar-refractivity contribution in [3.05, 3.63) is 42.5 Å². The molecule has 0 bridgehead atoms. The molecule has 0 saturated heterocycles. The molecule has 0 fully saturated rings. The van der Waals surface area contributed by atoms with Crippen molar-refractivity contribution >= 4 is 5.69 Å². The van der Waals surface area contributed by atoms with E-state index in [2.05, 4.69) is 24.5 Å². The van der Waals surface area contributed by atoms with Gasteiger partial charge < -0.3 is 15.7 Å². The zero-order valence-corrected chi connectivity index (χ0v) is 10.5. The Hall–Kier alpha value is -1.32. The molecule has 1 atom stereocenters. The highest BCUT2D eigenvalue weighted by atomic mass is 16.3. The third kappa shape index (κ3) is 3.58. The van der Waals surface area contributed by atoms with Crippen LogP contribution in [0.15, 0.2) is 36.9 Å². The van der Waals surface area contributed by atoms with E-state index >= 15 is 0 Å². The van der Waals surface area contributed by atoms with Crippen LogP contribution in [0.3, 0.4) is 0 Å². The number of nitrogens with two attached hydrogens (primary N) is 1. The molecule has 0 aliphatic rings. The van der Waals surface area contributed by atoms with Gasteiger partial charge in [-0.3, -0.25) is 0 Å². The summed E-state index contributed by atoms with van der Waals surface area (Å²) in [6.07, 6.45) is 2.74. The number of aliphatic hydroxyl groups is 1. The first kappa shape index (κ1) is 13.7. The summed E-state index contributed by atoms with van der Waals surface area (Å²) in [6.45, 7) is 7.26. The summed E-state index contributed by atoms with van der Waals surface area (Å²) in [5.41, 5.74) is 8.33. The Balaban J connectivity index is 3.03. The van der Waals surface area contributed by atoms with Gasteiger partial charge in [0, 0.05) is 24.8 Å². The fraction of sp³-hybridized carbons (Fsp3) is 0.429. The molecule has 17 heavy (non-hydrogen) atoms. The third-order valence-electron chi connectivity index (χ3n) is 2.84. The lowest BCUT2D eigenvalue weighted by Gasteiger charge is -2.27. The number of nitrogens with zero attached hydrogens (tertiary/aromatic N) is 1. The third-order valence-corrected chi connectivity index (χ3v) is 2.84. The van der Waals surface area contributed by atoms with Crippen molar-refractivity contribution in [3.63, 3.8) is 0 Å². The Labute approximate surface area is 104 Å². The molecular formula is C14H22N2O. The molecule has 0 amide bonds. The molecule has 0 saturated carbocycles. The van der Waals surface area contributed by atoms with Crippen LogP contribution in [0.2, 0.25) is 0 Å². The van der Waals surface area contributed by atoms with Crippen molar-refractivity contribution in [1.82, 2.24) is 0 Å². The maximum atomic E-state index is 9.10. The quantitative estimate of drug-likeness (QED) is 0.710. The van der Waals surface area contributed by atoms with Crippen LogP contribution in [0, 0.1) is 0 Å². The highest BCUT2D eigenvalue weighted by Gasteiger charge is 2.13. The van der Waals surface area contributed by atoms with E-state index in [1.165, 1.54) is 0 Å². The van der Waals surface area contributed by atoms with Gasteiger partial charge in [0.2, 0.25) is 0 Å². The predicted octanol–water partition coefficient (Wildman–Crippen LogP) is 2.08. The lowest BCUT2D eigenvalue weighted by atomic mass is 10.0. The summed E-state index contributed by atoms with van der Waals surface area (Å²) in [6, 6.07) is 8.13. The molecule has 0 aliphatic carbocycles. The molecule has 3 N–H and O–H groups in total. The lowest BCUT2D eigenvalue weighted by molar-refractivity contribution is 0.303. The van der Waals surface area contributed by atoms with E-state index in [0.29, 0.717) is 13.1 Å². The fourth-order valence-electron chi connectivity index (χ4n) is 1.90. The summed E-state index contributed by atoms with van der Waals surface area (Å²) in [5.74, 6) is 0. The Bertz CT molecular complexity index is 352. The van der Waals surface area contributed by atoms with E-state index in [4.69, 9.17) is 10.8 Å². The zero-order valence-electron chi connectivity index (χ0n) is 10.5. The van der Waals surface area contributed by atoms with Crippen molar-refractivity contribution in [2.24, 2.45) is 5.73 Å². The second kappa shape index (κ2) is 7.09. The minimum absolute atomic E-state index is 0.0391. The van der Waals surface area contributed by atoms with Crippen molar-refractivity contribution in [1.29, 1.82) is 0 Å². The van der Waals surface area contributed by atoms with E-state index in [1.54, 1.807) is 0 Å². The van der Waals surface area contributed by atoms with Gasteiger partial charge >= 0.3 is 0 Å². The van der Waals surface area contributed by atoms with Gasteiger partial charge in [0.1, 0.15) is 0 Å². The van der Waals surface area contributed by atoms with Crippen LogP contribution in [0.5, 0.6) is 0 Å². The Kier molecular flexibility index (Phi) is 5.73. The molecule has 3 nitrogen and oxygen atoms in total. The van der Waals surface area contributed by atoms with Crippen molar-refractivity contribution in [3.8, 4) is 0 Å². The highest BCUT2D eigenvalue weighted by molar-refractivity contribution is 5.55. The van der Waals surface area contributed by atoms with E-state index in [-0.39, 0.29) is 12.6 Å². The molecule has 0 heterocycles. The van der Waals surface area contributed by atoms with Crippen LogP contribution in [-0.4, -0.2) is 24.8 Å². The number of para-hydroxylation sites is 1. The maximum Gasteiger partial charge on any atom is 0.0606 e. The first-order valence-electron chi connectivity index (χ1n) is 6.05. The molecule has 1 unspecified atom stereocenters. The zero-order chi connectivity index (χ0) is 12.7. The number of hydrogen-bond acceptors (Lipinski definition) is 3. The molecule has 1 rings (SSSR count). The molecule has 0 aliphatic heterocycles. The minimum atomic E-state index is 0.0391. The summed E-state index contributed by atoms with van der Waals surface area (Å²) >= 11 is 0. The van der Waals surface area contributed by atoms with E-state index < -0.39 is 0 Å². The molecule has 0 spiro atoms. The van der Waals surface area contributed by atoms with Crippen molar-refractivity contribution in [2.45, 2.75) is 19.4 Å². The molecule has 0 radical (unpaired) electrons. The molecule has 3 heteroatoms. The van der Waals surface area contributed by atoms with Crippen LogP contribution in [0.25, 0.3) is 0 Å². The Morgan fingerprint density at radius 3 is 2.76 bits per heavy atom. The fourth-order valence-corrected chi connectivity index (χ4v) is 1.90. The van der Waals surface area contributed by atoms with E-state index in [1.807, 2.05) is 24.3 Å². The number of rotatable bonds is 7. The molecule has 1 aromatic carbocycles. The second-order valence-electron chi connectivity index (χ2n) is 4.03. The molecule has 1 aromatic rings. The van der Waals surface area contributed by atoms with E-state index in [0.717, 1.165) is 17.7 Å². The summed E-state index contributed by atoms with van der Waals surface area (Å²) < 4.78 is 0. The predicted molar refractivity (Wildman–Crippen MR) is 73.2 cm³/mol. The van der Waals surface area contributed by atoms with E-state index in [9.17, 15) is 0 Å². The summed E-state index contributed by atoms with van der Waals surface area (Å²) in [4.78, 5) is 2.10. The largest absolute Gasteiger partial charge is 0.395 e. The van der Waals surface area contributed by atoms with Crippen LogP contribution >= 0.6 is 0 Å². The van der Waals surface area contributed by atoms with Gasteiger partial charge in [0.25, 0.3) is 0 Å². The number of anilines is 1. The average molecular weight is 234 g/mol. The van der Waals surface area contributed by atoms with Crippen LogP contribution in [0.4, 0.5) is 5.69 Å². The lowest BCUT2D eigenvalue weighted by Crippen LogP contribution is -2.28.